The summed E-state index contributed by atoms with van der Waals surface area (Å²) in [5.41, 5.74) is 2.63. The molecule has 1 N–H and O–H groups in total. The number of carbonyl (C=O) groups is 1. The molecule has 27 heavy (non-hydrogen) atoms. The number of pyridine rings is 1. The maximum atomic E-state index is 12.6. The fraction of sp³-hybridized carbons (Fsp3) is 0.429. The highest BCUT2D eigenvalue weighted by Crippen LogP contribution is 2.17. The molecule has 3 rings (SSSR count). The molecule has 144 valence electrons. The molecule has 1 amide bonds. The quantitative estimate of drug-likeness (QED) is 0.788. The number of nitrogens with one attached hydrogen (secondary N) is 1. The van der Waals surface area contributed by atoms with Gasteiger partial charge in [-0.1, -0.05) is 12.1 Å². The van der Waals surface area contributed by atoms with Crippen LogP contribution in [0.4, 0.5) is 11.5 Å². The smallest absolute Gasteiger partial charge is 0.257 e. The van der Waals surface area contributed by atoms with Gasteiger partial charge < -0.3 is 10.2 Å². The normalized spacial score (nSPS) is 14.7. The monoisotopic (exact) mass is 384 g/mol. The van der Waals surface area contributed by atoms with Crippen LogP contribution in [-0.4, -0.2) is 53.5 Å². The van der Waals surface area contributed by atoms with Crippen molar-refractivity contribution in [1.29, 1.82) is 0 Å². The lowest BCUT2D eigenvalue weighted by Gasteiger charge is -2.26. The summed E-state index contributed by atoms with van der Waals surface area (Å²) in [5.74, 6) is 3.18. The van der Waals surface area contributed by atoms with Gasteiger partial charge in [0.2, 0.25) is 0 Å². The Morgan fingerprint density at radius 2 is 1.96 bits per heavy atom. The van der Waals surface area contributed by atoms with E-state index < -0.39 is 0 Å². The number of amides is 1. The molecule has 0 aliphatic carbocycles. The van der Waals surface area contributed by atoms with Crippen LogP contribution in [0.15, 0.2) is 42.6 Å². The lowest BCUT2D eigenvalue weighted by atomic mass is 10.1. The van der Waals surface area contributed by atoms with Gasteiger partial charge in [-0.2, -0.15) is 11.8 Å². The third-order valence-corrected chi connectivity index (χ3v) is 5.73. The number of anilines is 2. The van der Waals surface area contributed by atoms with Crippen molar-refractivity contribution in [2.24, 2.45) is 0 Å². The van der Waals surface area contributed by atoms with E-state index in [1.165, 1.54) is 17.1 Å². The highest BCUT2D eigenvalue weighted by Gasteiger charge is 2.12. The second-order valence-electron chi connectivity index (χ2n) is 6.62. The first-order chi connectivity index (χ1) is 13.2. The number of nitrogens with zero attached hydrogens (tertiary/aromatic N) is 3. The van der Waals surface area contributed by atoms with E-state index in [0.29, 0.717) is 5.56 Å². The first kappa shape index (κ1) is 19.7. The summed E-state index contributed by atoms with van der Waals surface area (Å²) in [6, 6.07) is 11.9. The highest BCUT2D eigenvalue weighted by molar-refractivity contribution is 7.99. The number of benzene rings is 1. The second kappa shape index (κ2) is 9.76. The molecule has 1 aliphatic heterocycles. The Morgan fingerprint density at radius 1 is 1.19 bits per heavy atom. The lowest BCUT2D eigenvalue weighted by molar-refractivity contribution is 0.102. The zero-order valence-corrected chi connectivity index (χ0v) is 17.0. The summed E-state index contributed by atoms with van der Waals surface area (Å²) < 4.78 is 0. The SMILES string of the molecule is CCN(CC)c1ccc(C(=O)Nc2cccc(CN3CCSCC3)c2)cn1. The maximum Gasteiger partial charge on any atom is 0.257 e. The summed E-state index contributed by atoms with van der Waals surface area (Å²) in [5, 5.41) is 3.00. The topological polar surface area (TPSA) is 48.5 Å². The van der Waals surface area contributed by atoms with Crippen LogP contribution in [0.1, 0.15) is 29.8 Å². The van der Waals surface area contributed by atoms with Crippen LogP contribution in [-0.2, 0) is 6.54 Å². The number of hydrogen-bond donors (Lipinski definition) is 1. The minimum Gasteiger partial charge on any atom is -0.357 e. The van der Waals surface area contributed by atoms with Crippen molar-refractivity contribution in [1.82, 2.24) is 9.88 Å². The van der Waals surface area contributed by atoms with Crippen LogP contribution in [0.2, 0.25) is 0 Å². The number of carbonyl (C=O) groups excluding carboxylic acids is 1. The molecule has 1 aromatic carbocycles. The van der Waals surface area contributed by atoms with Crippen molar-refractivity contribution in [2.75, 3.05) is 47.9 Å². The summed E-state index contributed by atoms with van der Waals surface area (Å²) in [7, 11) is 0. The van der Waals surface area contributed by atoms with Crippen molar-refractivity contribution in [3.8, 4) is 0 Å². The van der Waals surface area contributed by atoms with Gasteiger partial charge in [-0.3, -0.25) is 9.69 Å². The largest absolute Gasteiger partial charge is 0.357 e. The van der Waals surface area contributed by atoms with Crippen molar-refractivity contribution in [3.05, 3.63) is 53.7 Å². The third kappa shape index (κ3) is 5.47. The summed E-state index contributed by atoms with van der Waals surface area (Å²) in [6.45, 7) is 9.19. The minimum absolute atomic E-state index is 0.125. The number of hydrogen-bond acceptors (Lipinski definition) is 5. The molecular formula is C21H28N4OS. The van der Waals surface area contributed by atoms with Crippen LogP contribution < -0.4 is 10.2 Å². The average Bonchev–Trinajstić information content (AvgIpc) is 2.70. The van der Waals surface area contributed by atoms with Gasteiger partial charge in [0.15, 0.2) is 0 Å². The van der Waals surface area contributed by atoms with Crippen LogP contribution in [0.3, 0.4) is 0 Å². The zero-order valence-electron chi connectivity index (χ0n) is 16.1. The summed E-state index contributed by atoms with van der Waals surface area (Å²) >= 11 is 2.02. The van der Waals surface area contributed by atoms with Crippen molar-refractivity contribution >= 4 is 29.2 Å². The van der Waals surface area contributed by atoms with Gasteiger partial charge in [0.05, 0.1) is 5.56 Å². The van der Waals surface area contributed by atoms with E-state index >= 15 is 0 Å². The first-order valence-corrected chi connectivity index (χ1v) is 10.8. The van der Waals surface area contributed by atoms with Crippen LogP contribution >= 0.6 is 11.8 Å². The lowest BCUT2D eigenvalue weighted by Crippen LogP contribution is -2.31. The molecule has 2 heterocycles. The van der Waals surface area contributed by atoms with Crippen molar-refractivity contribution in [3.63, 3.8) is 0 Å². The molecule has 0 bridgehead atoms. The van der Waals surface area contributed by atoms with Crippen LogP contribution in [0, 0.1) is 0 Å². The standard InChI is InChI=1S/C21H28N4OS/c1-3-25(4-2)20-9-8-18(15-22-20)21(26)23-19-7-5-6-17(14-19)16-24-10-12-27-13-11-24/h5-9,14-15H,3-4,10-13,16H2,1-2H3,(H,23,26). The predicted molar refractivity (Wildman–Crippen MR) is 115 cm³/mol. The van der Waals surface area contributed by atoms with E-state index in [1.54, 1.807) is 6.20 Å². The Balaban J connectivity index is 1.62. The Bertz CT molecular complexity index is 740. The molecular weight excluding hydrogens is 356 g/mol. The number of thioether (sulfide) groups is 1. The van der Waals surface area contributed by atoms with Gasteiger partial charge in [0.1, 0.15) is 5.82 Å². The molecule has 1 fully saturated rings. The van der Waals surface area contributed by atoms with E-state index in [1.807, 2.05) is 36.0 Å². The Kier molecular flexibility index (Phi) is 7.12. The number of aromatic nitrogens is 1. The fourth-order valence-corrected chi connectivity index (χ4v) is 4.20. The van der Waals surface area contributed by atoms with Gasteiger partial charge in [0.25, 0.3) is 5.91 Å². The van der Waals surface area contributed by atoms with E-state index in [-0.39, 0.29) is 5.91 Å². The molecule has 0 radical (unpaired) electrons. The van der Waals surface area contributed by atoms with Gasteiger partial charge in [0, 0.05) is 56.1 Å². The molecule has 5 nitrogen and oxygen atoms in total. The Hall–Kier alpha value is -2.05. The van der Waals surface area contributed by atoms with Crippen molar-refractivity contribution in [2.45, 2.75) is 20.4 Å². The molecule has 2 aromatic rings. The molecule has 1 saturated heterocycles. The molecule has 1 aliphatic rings. The van der Waals surface area contributed by atoms with Gasteiger partial charge in [-0.05, 0) is 43.7 Å². The average molecular weight is 385 g/mol. The van der Waals surface area contributed by atoms with E-state index in [9.17, 15) is 4.79 Å². The molecule has 0 spiro atoms. The zero-order chi connectivity index (χ0) is 19.1. The summed E-state index contributed by atoms with van der Waals surface area (Å²) in [4.78, 5) is 21.6. The number of rotatable bonds is 7. The maximum absolute atomic E-state index is 12.6. The molecule has 6 heteroatoms. The Labute approximate surface area is 166 Å². The van der Waals surface area contributed by atoms with E-state index in [4.69, 9.17) is 0 Å². The second-order valence-corrected chi connectivity index (χ2v) is 7.85. The Morgan fingerprint density at radius 3 is 2.63 bits per heavy atom. The molecule has 0 atom stereocenters. The first-order valence-electron chi connectivity index (χ1n) is 9.61. The van der Waals surface area contributed by atoms with Gasteiger partial charge in [-0.25, -0.2) is 4.98 Å². The molecule has 1 aromatic heterocycles. The molecule has 0 unspecified atom stereocenters. The fourth-order valence-electron chi connectivity index (χ4n) is 3.22. The third-order valence-electron chi connectivity index (χ3n) is 4.79. The summed E-state index contributed by atoms with van der Waals surface area (Å²) in [6.07, 6.45) is 1.65. The highest BCUT2D eigenvalue weighted by atomic mass is 32.2. The molecule has 0 saturated carbocycles. The van der Waals surface area contributed by atoms with Crippen LogP contribution in [0.5, 0.6) is 0 Å². The minimum atomic E-state index is -0.125. The van der Waals surface area contributed by atoms with E-state index in [0.717, 1.165) is 44.2 Å². The predicted octanol–water partition coefficient (Wildman–Crippen LogP) is 3.73. The van der Waals surface area contributed by atoms with Gasteiger partial charge in [-0.15, -0.1) is 0 Å². The van der Waals surface area contributed by atoms with Gasteiger partial charge >= 0.3 is 0 Å². The van der Waals surface area contributed by atoms with E-state index in [2.05, 4.69) is 46.1 Å². The van der Waals surface area contributed by atoms with Crippen LogP contribution in [0.25, 0.3) is 0 Å². The van der Waals surface area contributed by atoms with Crippen molar-refractivity contribution < 1.29 is 4.79 Å².